The Hall–Kier alpha value is -1.32. The highest BCUT2D eigenvalue weighted by Crippen LogP contribution is 2.29. The Labute approximate surface area is 117 Å². The van der Waals surface area contributed by atoms with E-state index in [1.807, 2.05) is 13.0 Å². The molecule has 1 atom stereocenters. The van der Waals surface area contributed by atoms with E-state index in [2.05, 4.69) is 12.2 Å². The van der Waals surface area contributed by atoms with Crippen LogP contribution in [0.15, 0.2) is 34.7 Å². The van der Waals surface area contributed by atoms with Crippen molar-refractivity contribution in [2.24, 2.45) is 0 Å². The molecule has 0 radical (unpaired) electrons. The predicted octanol–water partition coefficient (Wildman–Crippen LogP) is 4.80. The summed E-state index contributed by atoms with van der Waals surface area (Å²) in [5.41, 5.74) is 0.390. The van der Waals surface area contributed by atoms with E-state index < -0.39 is 0 Å². The second kappa shape index (κ2) is 6.22. The van der Waals surface area contributed by atoms with Gasteiger partial charge in [0.05, 0.1) is 11.6 Å². The Balaban J connectivity index is 2.23. The summed E-state index contributed by atoms with van der Waals surface area (Å²) in [6.45, 7) is 5.05. The van der Waals surface area contributed by atoms with Gasteiger partial charge in [0.1, 0.15) is 17.3 Å². The van der Waals surface area contributed by atoms with Crippen LogP contribution in [-0.4, -0.2) is 6.54 Å². The van der Waals surface area contributed by atoms with Crippen LogP contribution in [0.5, 0.6) is 0 Å². The molecule has 0 bridgehead atoms. The molecule has 1 heterocycles. The standard InChI is InChI=1S/C15H17ClFNO/c1-3-8-18-10(2)14-6-7-15(19-14)12-9-11(16)4-5-13(12)17/h4-7,9-10,18H,3,8H2,1-2H3. The minimum atomic E-state index is -0.334. The van der Waals surface area contributed by atoms with Crippen LogP contribution in [0.1, 0.15) is 32.1 Å². The van der Waals surface area contributed by atoms with Crippen molar-refractivity contribution in [2.75, 3.05) is 6.54 Å². The van der Waals surface area contributed by atoms with Crippen LogP contribution in [0, 0.1) is 5.82 Å². The van der Waals surface area contributed by atoms with Crippen molar-refractivity contribution in [3.63, 3.8) is 0 Å². The summed E-state index contributed by atoms with van der Waals surface area (Å²) in [4.78, 5) is 0. The van der Waals surface area contributed by atoms with E-state index in [0.717, 1.165) is 18.7 Å². The fraction of sp³-hybridized carbons (Fsp3) is 0.333. The van der Waals surface area contributed by atoms with Crippen LogP contribution in [0.3, 0.4) is 0 Å². The van der Waals surface area contributed by atoms with Crippen molar-refractivity contribution in [3.05, 3.63) is 46.9 Å². The van der Waals surface area contributed by atoms with Crippen molar-refractivity contribution >= 4 is 11.6 Å². The molecule has 2 nitrogen and oxygen atoms in total. The highest BCUT2D eigenvalue weighted by Gasteiger charge is 2.13. The second-order valence-corrected chi connectivity index (χ2v) is 4.94. The number of hydrogen-bond donors (Lipinski definition) is 1. The number of benzene rings is 1. The maximum Gasteiger partial charge on any atom is 0.137 e. The SMILES string of the molecule is CCCNC(C)c1ccc(-c2cc(Cl)ccc2F)o1. The van der Waals surface area contributed by atoms with E-state index in [9.17, 15) is 4.39 Å². The van der Waals surface area contributed by atoms with Crippen molar-refractivity contribution in [1.29, 1.82) is 0 Å². The summed E-state index contributed by atoms with van der Waals surface area (Å²) in [5.74, 6) is 0.961. The zero-order chi connectivity index (χ0) is 13.8. The molecular weight excluding hydrogens is 265 g/mol. The highest BCUT2D eigenvalue weighted by molar-refractivity contribution is 6.30. The maximum absolute atomic E-state index is 13.7. The Kier molecular flexibility index (Phi) is 4.61. The van der Waals surface area contributed by atoms with Gasteiger partial charge < -0.3 is 9.73 Å². The fourth-order valence-corrected chi connectivity index (χ4v) is 2.05. The summed E-state index contributed by atoms with van der Waals surface area (Å²) >= 11 is 5.88. The quantitative estimate of drug-likeness (QED) is 0.851. The molecular formula is C15H17ClFNO. The number of rotatable bonds is 5. The first-order valence-electron chi connectivity index (χ1n) is 6.40. The van der Waals surface area contributed by atoms with Crippen LogP contribution in [0.2, 0.25) is 5.02 Å². The van der Waals surface area contributed by atoms with E-state index in [1.165, 1.54) is 12.1 Å². The fourth-order valence-electron chi connectivity index (χ4n) is 1.88. The average Bonchev–Trinajstić information content (AvgIpc) is 2.88. The molecule has 19 heavy (non-hydrogen) atoms. The Morgan fingerprint density at radius 3 is 2.84 bits per heavy atom. The monoisotopic (exact) mass is 281 g/mol. The first kappa shape index (κ1) is 14.1. The van der Waals surface area contributed by atoms with E-state index in [1.54, 1.807) is 12.1 Å². The number of nitrogens with one attached hydrogen (secondary N) is 1. The predicted molar refractivity (Wildman–Crippen MR) is 75.8 cm³/mol. The van der Waals surface area contributed by atoms with E-state index in [0.29, 0.717) is 16.3 Å². The molecule has 1 N–H and O–H groups in total. The highest BCUT2D eigenvalue weighted by atomic mass is 35.5. The van der Waals surface area contributed by atoms with Gasteiger partial charge in [-0.3, -0.25) is 0 Å². The molecule has 2 rings (SSSR count). The van der Waals surface area contributed by atoms with Crippen molar-refractivity contribution in [2.45, 2.75) is 26.3 Å². The molecule has 0 fully saturated rings. The Bertz CT molecular complexity index is 553. The molecule has 0 saturated carbocycles. The summed E-state index contributed by atoms with van der Waals surface area (Å²) in [7, 11) is 0. The minimum Gasteiger partial charge on any atom is -0.459 e. The van der Waals surface area contributed by atoms with Crippen molar-refractivity contribution in [1.82, 2.24) is 5.32 Å². The third-order valence-electron chi connectivity index (χ3n) is 2.95. The molecule has 4 heteroatoms. The van der Waals surface area contributed by atoms with Crippen LogP contribution < -0.4 is 5.32 Å². The number of hydrogen-bond acceptors (Lipinski definition) is 2. The molecule has 0 saturated heterocycles. The zero-order valence-electron chi connectivity index (χ0n) is 11.0. The number of furan rings is 1. The maximum atomic E-state index is 13.7. The molecule has 0 aliphatic heterocycles. The second-order valence-electron chi connectivity index (χ2n) is 4.50. The Morgan fingerprint density at radius 1 is 1.32 bits per heavy atom. The summed E-state index contributed by atoms with van der Waals surface area (Å²) in [5, 5.41) is 3.82. The van der Waals surface area contributed by atoms with Gasteiger partial charge in [0, 0.05) is 5.02 Å². The van der Waals surface area contributed by atoms with Crippen molar-refractivity contribution in [3.8, 4) is 11.3 Å². The normalized spacial score (nSPS) is 12.6. The largest absolute Gasteiger partial charge is 0.459 e. The molecule has 102 valence electrons. The molecule has 1 aromatic carbocycles. The minimum absolute atomic E-state index is 0.107. The van der Waals surface area contributed by atoms with Gasteiger partial charge in [0.25, 0.3) is 0 Å². The third-order valence-corrected chi connectivity index (χ3v) is 3.18. The van der Waals surface area contributed by atoms with Crippen LogP contribution in [0.25, 0.3) is 11.3 Å². The van der Waals surface area contributed by atoms with E-state index >= 15 is 0 Å². The summed E-state index contributed by atoms with van der Waals surface area (Å²) in [6.07, 6.45) is 1.06. The summed E-state index contributed by atoms with van der Waals surface area (Å²) in [6, 6.07) is 8.19. The Morgan fingerprint density at radius 2 is 2.11 bits per heavy atom. The molecule has 2 aromatic rings. The van der Waals surface area contributed by atoms with Gasteiger partial charge in [-0.25, -0.2) is 4.39 Å². The van der Waals surface area contributed by atoms with Gasteiger partial charge >= 0.3 is 0 Å². The van der Waals surface area contributed by atoms with Crippen LogP contribution in [-0.2, 0) is 0 Å². The molecule has 0 amide bonds. The number of halogens is 2. The lowest BCUT2D eigenvalue weighted by Gasteiger charge is -2.09. The van der Waals surface area contributed by atoms with Gasteiger partial charge in [-0.05, 0) is 50.2 Å². The molecule has 1 aromatic heterocycles. The van der Waals surface area contributed by atoms with Gasteiger partial charge in [-0.2, -0.15) is 0 Å². The molecule has 0 spiro atoms. The van der Waals surface area contributed by atoms with Gasteiger partial charge in [-0.15, -0.1) is 0 Å². The van der Waals surface area contributed by atoms with E-state index in [-0.39, 0.29) is 11.9 Å². The average molecular weight is 282 g/mol. The smallest absolute Gasteiger partial charge is 0.137 e. The lowest BCUT2D eigenvalue weighted by Crippen LogP contribution is -2.18. The molecule has 0 aliphatic rings. The topological polar surface area (TPSA) is 25.2 Å². The van der Waals surface area contributed by atoms with Crippen molar-refractivity contribution < 1.29 is 8.81 Å². The third kappa shape index (κ3) is 3.37. The molecule has 0 aliphatic carbocycles. The summed E-state index contributed by atoms with van der Waals surface area (Å²) < 4.78 is 19.4. The van der Waals surface area contributed by atoms with E-state index in [4.69, 9.17) is 16.0 Å². The molecule has 1 unspecified atom stereocenters. The zero-order valence-corrected chi connectivity index (χ0v) is 11.8. The first-order valence-corrected chi connectivity index (χ1v) is 6.78. The van der Waals surface area contributed by atoms with Gasteiger partial charge in [-0.1, -0.05) is 18.5 Å². The van der Waals surface area contributed by atoms with Gasteiger partial charge in [0.2, 0.25) is 0 Å². The van der Waals surface area contributed by atoms with Crippen LogP contribution in [0.4, 0.5) is 4.39 Å². The first-order chi connectivity index (χ1) is 9.11. The van der Waals surface area contributed by atoms with Gasteiger partial charge in [0.15, 0.2) is 0 Å². The lowest BCUT2D eigenvalue weighted by molar-refractivity contribution is 0.437. The lowest BCUT2D eigenvalue weighted by atomic mass is 10.1. The van der Waals surface area contributed by atoms with Crippen LogP contribution >= 0.6 is 11.6 Å².